The summed E-state index contributed by atoms with van der Waals surface area (Å²) in [6.45, 7) is 5.99. The number of hydrogen-bond donors (Lipinski definition) is 3. The van der Waals surface area contributed by atoms with Crippen molar-refractivity contribution in [3.8, 4) is 0 Å². The quantitative estimate of drug-likeness (QED) is 0.628. The number of carbonyl (C=O) groups is 1. The second kappa shape index (κ2) is 7.93. The van der Waals surface area contributed by atoms with E-state index in [-0.39, 0.29) is 19.0 Å². The Bertz CT molecular complexity index is 384. The average molecular weight is 270 g/mol. The van der Waals surface area contributed by atoms with Crippen molar-refractivity contribution in [1.29, 1.82) is 0 Å². The van der Waals surface area contributed by atoms with Crippen LogP contribution in [0.1, 0.15) is 30.2 Å². The Kier molecular flexibility index (Phi) is 6.55. The third-order valence-electron chi connectivity index (χ3n) is 2.94. The van der Waals surface area contributed by atoms with Crippen LogP contribution in [0.5, 0.6) is 0 Å². The lowest BCUT2D eigenvalue weighted by atomic mass is 10.3. The van der Waals surface area contributed by atoms with Gasteiger partial charge in [0.2, 0.25) is 0 Å². The number of furan rings is 1. The third kappa shape index (κ3) is 4.66. The van der Waals surface area contributed by atoms with Gasteiger partial charge in [-0.05, 0) is 25.2 Å². The van der Waals surface area contributed by atoms with E-state index >= 15 is 0 Å². The number of nitrogens with zero attached hydrogens (tertiary/aromatic N) is 1. The SMILES string of the molecule is CCN(CC)Cc1ccc(C(=O)NC(CO)CO)o1. The first kappa shape index (κ1) is 15.7. The second-order valence-corrected chi connectivity index (χ2v) is 4.26. The highest BCUT2D eigenvalue weighted by atomic mass is 16.4. The topological polar surface area (TPSA) is 85.9 Å². The summed E-state index contributed by atoms with van der Waals surface area (Å²) in [5.74, 6) is 0.478. The van der Waals surface area contributed by atoms with Gasteiger partial charge in [0.25, 0.3) is 5.91 Å². The van der Waals surface area contributed by atoms with Gasteiger partial charge in [-0.3, -0.25) is 9.69 Å². The molecule has 19 heavy (non-hydrogen) atoms. The summed E-state index contributed by atoms with van der Waals surface area (Å²) in [5, 5.41) is 20.3. The van der Waals surface area contributed by atoms with Gasteiger partial charge in [-0.2, -0.15) is 0 Å². The van der Waals surface area contributed by atoms with Gasteiger partial charge in [0.05, 0.1) is 25.8 Å². The van der Waals surface area contributed by atoms with Gasteiger partial charge in [0, 0.05) is 0 Å². The molecule has 0 bridgehead atoms. The van der Waals surface area contributed by atoms with E-state index in [0.29, 0.717) is 6.54 Å². The number of hydrogen-bond acceptors (Lipinski definition) is 5. The number of aliphatic hydroxyl groups excluding tert-OH is 2. The summed E-state index contributed by atoms with van der Waals surface area (Å²) >= 11 is 0. The zero-order valence-corrected chi connectivity index (χ0v) is 11.4. The highest BCUT2D eigenvalue weighted by molar-refractivity contribution is 5.91. The third-order valence-corrected chi connectivity index (χ3v) is 2.94. The van der Waals surface area contributed by atoms with Crippen molar-refractivity contribution >= 4 is 5.91 Å². The van der Waals surface area contributed by atoms with Crippen LogP contribution in [0.3, 0.4) is 0 Å². The van der Waals surface area contributed by atoms with Crippen molar-refractivity contribution in [2.75, 3.05) is 26.3 Å². The van der Waals surface area contributed by atoms with Gasteiger partial charge in [-0.1, -0.05) is 13.8 Å². The molecular weight excluding hydrogens is 248 g/mol. The van der Waals surface area contributed by atoms with Crippen molar-refractivity contribution in [2.24, 2.45) is 0 Å². The Hall–Kier alpha value is -1.37. The molecule has 1 amide bonds. The van der Waals surface area contributed by atoms with Crippen molar-refractivity contribution in [2.45, 2.75) is 26.4 Å². The van der Waals surface area contributed by atoms with Crippen LogP contribution in [0.2, 0.25) is 0 Å². The lowest BCUT2D eigenvalue weighted by Crippen LogP contribution is -2.39. The first-order valence-corrected chi connectivity index (χ1v) is 6.48. The minimum Gasteiger partial charge on any atom is -0.455 e. The van der Waals surface area contributed by atoms with Crippen LogP contribution in [0.15, 0.2) is 16.5 Å². The highest BCUT2D eigenvalue weighted by Crippen LogP contribution is 2.10. The molecule has 0 saturated carbocycles. The molecule has 0 aromatic carbocycles. The minimum absolute atomic E-state index is 0.189. The van der Waals surface area contributed by atoms with Crippen LogP contribution in [0, 0.1) is 0 Å². The molecule has 0 radical (unpaired) electrons. The van der Waals surface area contributed by atoms with Crippen LogP contribution >= 0.6 is 0 Å². The lowest BCUT2D eigenvalue weighted by molar-refractivity contribution is 0.0848. The number of carbonyl (C=O) groups excluding carboxylic acids is 1. The highest BCUT2D eigenvalue weighted by Gasteiger charge is 2.16. The smallest absolute Gasteiger partial charge is 0.287 e. The molecule has 3 N–H and O–H groups in total. The molecule has 0 aliphatic carbocycles. The van der Waals surface area contributed by atoms with E-state index in [1.807, 2.05) is 0 Å². The molecule has 1 aromatic heterocycles. The van der Waals surface area contributed by atoms with Gasteiger partial charge in [-0.25, -0.2) is 0 Å². The minimum atomic E-state index is -0.663. The van der Waals surface area contributed by atoms with Crippen LogP contribution in [0.4, 0.5) is 0 Å². The van der Waals surface area contributed by atoms with E-state index in [1.54, 1.807) is 12.1 Å². The first-order valence-electron chi connectivity index (χ1n) is 6.48. The second-order valence-electron chi connectivity index (χ2n) is 4.26. The fourth-order valence-electron chi connectivity index (χ4n) is 1.66. The number of aliphatic hydroxyl groups is 2. The molecule has 1 aromatic rings. The normalized spacial score (nSPS) is 11.3. The molecule has 0 spiro atoms. The van der Waals surface area contributed by atoms with Crippen LogP contribution in [-0.2, 0) is 6.54 Å². The summed E-state index contributed by atoms with van der Waals surface area (Å²) < 4.78 is 5.45. The van der Waals surface area contributed by atoms with Gasteiger partial charge >= 0.3 is 0 Å². The van der Waals surface area contributed by atoms with E-state index in [2.05, 4.69) is 24.1 Å². The van der Waals surface area contributed by atoms with E-state index in [0.717, 1.165) is 18.8 Å². The fraction of sp³-hybridized carbons (Fsp3) is 0.615. The van der Waals surface area contributed by atoms with E-state index in [4.69, 9.17) is 14.6 Å². The van der Waals surface area contributed by atoms with Gasteiger partial charge in [0.15, 0.2) is 5.76 Å². The lowest BCUT2D eigenvalue weighted by Gasteiger charge is -2.15. The molecule has 6 heteroatoms. The molecule has 0 saturated heterocycles. The summed E-state index contributed by atoms with van der Waals surface area (Å²) in [7, 11) is 0. The summed E-state index contributed by atoms with van der Waals surface area (Å²) in [5.41, 5.74) is 0. The number of rotatable bonds is 8. The molecule has 0 atom stereocenters. The zero-order chi connectivity index (χ0) is 14.3. The van der Waals surface area contributed by atoms with Crippen LogP contribution < -0.4 is 5.32 Å². The van der Waals surface area contributed by atoms with Crippen molar-refractivity contribution in [1.82, 2.24) is 10.2 Å². The van der Waals surface area contributed by atoms with Crippen molar-refractivity contribution in [3.63, 3.8) is 0 Å². The summed E-state index contributed by atoms with van der Waals surface area (Å²) in [6, 6.07) is 2.70. The van der Waals surface area contributed by atoms with Crippen LogP contribution in [0.25, 0.3) is 0 Å². The largest absolute Gasteiger partial charge is 0.455 e. The number of nitrogens with one attached hydrogen (secondary N) is 1. The van der Waals surface area contributed by atoms with Crippen LogP contribution in [-0.4, -0.2) is 53.4 Å². The van der Waals surface area contributed by atoms with Gasteiger partial charge in [0.1, 0.15) is 5.76 Å². The predicted octanol–water partition coefficient (Wildman–Crippen LogP) is 0.204. The summed E-state index contributed by atoms with van der Waals surface area (Å²) in [4.78, 5) is 13.9. The Balaban J connectivity index is 2.60. The molecule has 0 aliphatic heterocycles. The van der Waals surface area contributed by atoms with E-state index in [1.165, 1.54) is 0 Å². The van der Waals surface area contributed by atoms with Crippen molar-refractivity contribution in [3.05, 3.63) is 23.7 Å². The Morgan fingerprint density at radius 3 is 2.47 bits per heavy atom. The van der Waals surface area contributed by atoms with Gasteiger partial charge in [-0.15, -0.1) is 0 Å². The Morgan fingerprint density at radius 2 is 1.95 bits per heavy atom. The maximum Gasteiger partial charge on any atom is 0.287 e. The predicted molar refractivity (Wildman–Crippen MR) is 70.8 cm³/mol. The molecule has 0 aliphatic rings. The Morgan fingerprint density at radius 1 is 1.32 bits per heavy atom. The monoisotopic (exact) mass is 270 g/mol. The maximum absolute atomic E-state index is 11.8. The van der Waals surface area contributed by atoms with E-state index < -0.39 is 11.9 Å². The number of amides is 1. The molecule has 0 unspecified atom stereocenters. The Labute approximate surface area is 113 Å². The zero-order valence-electron chi connectivity index (χ0n) is 11.4. The fourth-order valence-corrected chi connectivity index (χ4v) is 1.66. The van der Waals surface area contributed by atoms with Gasteiger partial charge < -0.3 is 19.9 Å². The molecule has 0 fully saturated rings. The van der Waals surface area contributed by atoms with E-state index in [9.17, 15) is 4.79 Å². The molecule has 6 nitrogen and oxygen atoms in total. The standard InChI is InChI=1S/C13H22N2O4/c1-3-15(4-2)7-11-5-6-12(19-11)13(18)14-10(8-16)9-17/h5-6,10,16-17H,3-4,7-9H2,1-2H3,(H,14,18). The maximum atomic E-state index is 11.8. The molecule has 1 rings (SSSR count). The first-order chi connectivity index (χ1) is 9.14. The molecule has 108 valence electrons. The molecule has 1 heterocycles. The summed E-state index contributed by atoms with van der Waals surface area (Å²) in [6.07, 6.45) is 0. The average Bonchev–Trinajstić information content (AvgIpc) is 2.90. The van der Waals surface area contributed by atoms with Crippen molar-refractivity contribution < 1.29 is 19.4 Å². The molecular formula is C13H22N2O4.